The van der Waals surface area contributed by atoms with E-state index in [4.69, 9.17) is 15.2 Å². The first-order valence-electron chi connectivity index (χ1n) is 5.69. The van der Waals surface area contributed by atoms with Crippen molar-refractivity contribution in [3.8, 4) is 11.5 Å². The van der Waals surface area contributed by atoms with Crippen molar-refractivity contribution in [2.75, 3.05) is 20.8 Å². The highest BCUT2D eigenvalue weighted by atomic mass is 16.5. The van der Waals surface area contributed by atoms with E-state index in [0.717, 1.165) is 11.0 Å². The zero-order valence-corrected chi connectivity index (χ0v) is 10.4. The molecule has 18 heavy (non-hydrogen) atoms. The Morgan fingerprint density at radius 3 is 2.61 bits per heavy atom. The highest BCUT2D eigenvalue weighted by molar-refractivity contribution is 5.79. The van der Waals surface area contributed by atoms with Gasteiger partial charge < -0.3 is 25.3 Å². The Morgan fingerprint density at radius 1 is 1.33 bits per heavy atom. The maximum absolute atomic E-state index is 9.84. The number of nitrogens with zero attached hydrogens (tertiary/aromatic N) is 1. The number of aliphatic hydroxyl groups excluding tert-OH is 1. The second-order valence-corrected chi connectivity index (χ2v) is 3.94. The van der Waals surface area contributed by atoms with E-state index >= 15 is 0 Å². The molecule has 0 aliphatic heterocycles. The summed E-state index contributed by atoms with van der Waals surface area (Å²) >= 11 is 0. The summed E-state index contributed by atoms with van der Waals surface area (Å²) in [5.74, 6) is 1.73. The molecule has 2 aromatic rings. The Morgan fingerprint density at radius 2 is 2.00 bits per heavy atom. The summed E-state index contributed by atoms with van der Waals surface area (Å²) < 4.78 is 10.4. The first-order valence-corrected chi connectivity index (χ1v) is 5.69. The van der Waals surface area contributed by atoms with Gasteiger partial charge in [0.2, 0.25) is 0 Å². The van der Waals surface area contributed by atoms with Crippen LogP contribution < -0.4 is 15.2 Å². The van der Waals surface area contributed by atoms with Crippen LogP contribution in [0.25, 0.3) is 11.0 Å². The Labute approximate surface area is 105 Å². The number of hydrogen-bond acceptors (Lipinski definition) is 5. The second kappa shape index (κ2) is 5.24. The lowest BCUT2D eigenvalue weighted by Crippen LogP contribution is -2.07. The second-order valence-electron chi connectivity index (χ2n) is 3.94. The molecule has 0 amide bonds. The monoisotopic (exact) mass is 251 g/mol. The van der Waals surface area contributed by atoms with Gasteiger partial charge in [0.1, 0.15) is 11.9 Å². The smallest absolute Gasteiger partial charge is 0.163 e. The number of aromatic amines is 1. The van der Waals surface area contributed by atoms with Gasteiger partial charge in [-0.15, -0.1) is 0 Å². The average molecular weight is 251 g/mol. The number of fused-ring (bicyclic) bond motifs is 1. The van der Waals surface area contributed by atoms with Gasteiger partial charge in [-0.2, -0.15) is 0 Å². The van der Waals surface area contributed by atoms with Crippen LogP contribution in [-0.4, -0.2) is 35.8 Å². The number of ether oxygens (including phenoxy) is 2. The van der Waals surface area contributed by atoms with Crippen molar-refractivity contribution >= 4 is 11.0 Å². The number of methoxy groups -OCH3 is 2. The number of nitrogens with one attached hydrogen (secondary N) is 1. The van der Waals surface area contributed by atoms with E-state index in [-0.39, 0.29) is 0 Å². The highest BCUT2D eigenvalue weighted by Crippen LogP contribution is 2.31. The lowest BCUT2D eigenvalue weighted by atomic mass is 10.2. The molecule has 1 atom stereocenters. The third-order valence-electron chi connectivity index (χ3n) is 2.76. The Hall–Kier alpha value is -1.79. The standard InChI is InChI=1S/C12H17N3O3/c1-17-10-5-7-8(6-11(10)18-2)15-12(14-7)9(16)3-4-13/h5-6,9,16H,3-4,13H2,1-2H3,(H,14,15). The summed E-state index contributed by atoms with van der Waals surface area (Å²) in [5, 5.41) is 9.84. The minimum Gasteiger partial charge on any atom is -0.493 e. The van der Waals surface area contributed by atoms with Crippen molar-refractivity contribution in [1.82, 2.24) is 9.97 Å². The summed E-state index contributed by atoms with van der Waals surface area (Å²) in [6, 6.07) is 3.56. The highest BCUT2D eigenvalue weighted by Gasteiger charge is 2.14. The lowest BCUT2D eigenvalue weighted by molar-refractivity contribution is 0.162. The fraction of sp³-hybridized carbons (Fsp3) is 0.417. The summed E-state index contributed by atoms with van der Waals surface area (Å²) in [4.78, 5) is 7.37. The molecule has 0 bridgehead atoms. The van der Waals surface area contributed by atoms with Crippen LogP contribution >= 0.6 is 0 Å². The number of benzene rings is 1. The summed E-state index contributed by atoms with van der Waals surface area (Å²) in [7, 11) is 3.14. The number of hydrogen-bond donors (Lipinski definition) is 3. The van der Waals surface area contributed by atoms with Gasteiger partial charge in [-0.25, -0.2) is 4.98 Å². The first-order chi connectivity index (χ1) is 8.69. The largest absolute Gasteiger partial charge is 0.493 e. The molecule has 6 heteroatoms. The third kappa shape index (κ3) is 2.25. The fourth-order valence-corrected chi connectivity index (χ4v) is 1.81. The maximum atomic E-state index is 9.84. The number of aliphatic hydroxyl groups is 1. The molecular weight excluding hydrogens is 234 g/mol. The van der Waals surface area contributed by atoms with E-state index in [1.807, 2.05) is 0 Å². The minimum absolute atomic E-state index is 0.408. The Kier molecular flexibility index (Phi) is 3.69. The normalized spacial score (nSPS) is 12.7. The van der Waals surface area contributed by atoms with E-state index < -0.39 is 6.10 Å². The van der Waals surface area contributed by atoms with Gasteiger partial charge in [-0.1, -0.05) is 0 Å². The minimum atomic E-state index is -0.681. The van der Waals surface area contributed by atoms with E-state index in [1.165, 1.54) is 0 Å². The van der Waals surface area contributed by atoms with Crippen LogP contribution in [-0.2, 0) is 0 Å². The summed E-state index contributed by atoms with van der Waals surface area (Å²) in [6.45, 7) is 0.408. The van der Waals surface area contributed by atoms with Crippen molar-refractivity contribution in [1.29, 1.82) is 0 Å². The molecule has 2 rings (SSSR count). The molecule has 6 nitrogen and oxygen atoms in total. The molecule has 98 valence electrons. The van der Waals surface area contributed by atoms with E-state index in [9.17, 15) is 5.11 Å². The molecule has 0 aliphatic rings. The van der Waals surface area contributed by atoms with Crippen LogP contribution in [0.3, 0.4) is 0 Å². The third-order valence-corrected chi connectivity index (χ3v) is 2.76. The van der Waals surface area contributed by atoms with Crippen molar-refractivity contribution in [2.24, 2.45) is 5.73 Å². The lowest BCUT2D eigenvalue weighted by Gasteiger charge is -2.06. The van der Waals surface area contributed by atoms with E-state index in [0.29, 0.717) is 30.3 Å². The molecule has 0 spiro atoms. The molecule has 0 aliphatic carbocycles. The number of imidazole rings is 1. The van der Waals surface area contributed by atoms with Gasteiger partial charge in [0.05, 0.1) is 25.3 Å². The van der Waals surface area contributed by atoms with Crippen molar-refractivity contribution in [2.45, 2.75) is 12.5 Å². The molecule has 0 fully saturated rings. The molecule has 1 aromatic heterocycles. The molecular formula is C12H17N3O3. The van der Waals surface area contributed by atoms with Gasteiger partial charge in [0.15, 0.2) is 11.5 Å². The van der Waals surface area contributed by atoms with Gasteiger partial charge in [-0.3, -0.25) is 0 Å². The average Bonchev–Trinajstić information content (AvgIpc) is 2.80. The number of H-pyrrole nitrogens is 1. The SMILES string of the molecule is COc1cc2nc(C(O)CCN)[nH]c2cc1OC. The van der Waals surface area contributed by atoms with Crippen LogP contribution in [0.5, 0.6) is 11.5 Å². The van der Waals surface area contributed by atoms with Crippen LogP contribution in [0, 0.1) is 0 Å². The Bertz CT molecular complexity index is 498. The van der Waals surface area contributed by atoms with E-state index in [1.54, 1.807) is 26.4 Å². The van der Waals surface area contributed by atoms with Gasteiger partial charge >= 0.3 is 0 Å². The van der Waals surface area contributed by atoms with Gasteiger partial charge in [0.25, 0.3) is 0 Å². The first kappa shape index (κ1) is 12.7. The number of aromatic nitrogens is 2. The van der Waals surface area contributed by atoms with Gasteiger partial charge in [-0.05, 0) is 13.0 Å². The molecule has 4 N–H and O–H groups in total. The molecule has 1 aromatic carbocycles. The Balaban J connectivity index is 2.44. The number of rotatable bonds is 5. The van der Waals surface area contributed by atoms with Crippen molar-refractivity contribution in [3.63, 3.8) is 0 Å². The summed E-state index contributed by atoms with van der Waals surface area (Å²) in [6.07, 6.45) is -0.215. The van der Waals surface area contributed by atoms with Gasteiger partial charge in [0, 0.05) is 12.1 Å². The quantitative estimate of drug-likeness (QED) is 0.736. The summed E-state index contributed by atoms with van der Waals surface area (Å²) in [5.41, 5.74) is 6.92. The van der Waals surface area contributed by atoms with Crippen LogP contribution in [0.15, 0.2) is 12.1 Å². The zero-order valence-electron chi connectivity index (χ0n) is 10.4. The number of nitrogens with two attached hydrogens (primary N) is 1. The predicted molar refractivity (Wildman–Crippen MR) is 67.8 cm³/mol. The van der Waals surface area contributed by atoms with Crippen molar-refractivity contribution < 1.29 is 14.6 Å². The van der Waals surface area contributed by atoms with E-state index in [2.05, 4.69) is 9.97 Å². The predicted octanol–water partition coefficient (Wildman–Crippen LogP) is 0.962. The molecule has 0 saturated carbocycles. The topological polar surface area (TPSA) is 93.4 Å². The zero-order chi connectivity index (χ0) is 13.1. The van der Waals surface area contributed by atoms with Crippen LogP contribution in [0.4, 0.5) is 0 Å². The fourth-order valence-electron chi connectivity index (χ4n) is 1.81. The molecule has 1 heterocycles. The van der Waals surface area contributed by atoms with Crippen LogP contribution in [0.1, 0.15) is 18.3 Å². The van der Waals surface area contributed by atoms with Crippen molar-refractivity contribution in [3.05, 3.63) is 18.0 Å². The molecule has 1 unspecified atom stereocenters. The molecule has 0 radical (unpaired) electrons. The molecule has 0 saturated heterocycles. The van der Waals surface area contributed by atoms with Crippen LogP contribution in [0.2, 0.25) is 0 Å². The maximum Gasteiger partial charge on any atom is 0.163 e.